The highest BCUT2D eigenvalue weighted by Gasteiger charge is 2.30. The minimum absolute atomic E-state index is 0.0302. The minimum Gasteiger partial charge on any atom is -0.497 e. The molecule has 7 nitrogen and oxygen atoms in total. The van der Waals surface area contributed by atoms with Gasteiger partial charge in [0.05, 0.1) is 13.0 Å². The summed E-state index contributed by atoms with van der Waals surface area (Å²) in [4.78, 5) is 15.8. The second-order valence-electron chi connectivity index (χ2n) is 10.2. The van der Waals surface area contributed by atoms with Crippen LogP contribution >= 0.6 is 0 Å². The molecule has 8 heteroatoms. The van der Waals surface area contributed by atoms with Gasteiger partial charge >= 0.3 is 10.3 Å². The van der Waals surface area contributed by atoms with Crippen LogP contribution in [0.15, 0.2) is 72.8 Å². The summed E-state index contributed by atoms with van der Waals surface area (Å²) in [7, 11) is -2.92. The van der Waals surface area contributed by atoms with Crippen LogP contribution in [0.5, 0.6) is 11.5 Å². The van der Waals surface area contributed by atoms with E-state index < -0.39 is 22.1 Å². The summed E-state index contributed by atoms with van der Waals surface area (Å²) < 4.78 is 39.8. The Morgan fingerprint density at radius 3 is 2.08 bits per heavy atom. The Balaban J connectivity index is 1.97. The first-order valence-electron chi connectivity index (χ1n) is 13.4. The lowest BCUT2D eigenvalue weighted by Crippen LogP contribution is -2.42. The van der Waals surface area contributed by atoms with Gasteiger partial charge in [0.15, 0.2) is 5.75 Å². The van der Waals surface area contributed by atoms with Crippen LogP contribution in [0.2, 0.25) is 0 Å². The fraction of sp³-hybridized carbons (Fsp3) is 0.387. The maximum atomic E-state index is 13.7. The number of rotatable bonds is 13. The highest BCUT2D eigenvalue weighted by molar-refractivity contribution is 7.85. The van der Waals surface area contributed by atoms with E-state index in [4.69, 9.17) is 8.92 Å². The van der Waals surface area contributed by atoms with Gasteiger partial charge in [0.25, 0.3) is 0 Å². The number of anilines is 1. The number of carbonyl (C=O) groups is 1. The molecule has 0 aliphatic heterocycles. The summed E-state index contributed by atoms with van der Waals surface area (Å²) in [5.41, 5.74) is 3.12. The number of benzene rings is 3. The predicted molar refractivity (Wildman–Crippen MR) is 157 cm³/mol. The molecule has 0 heterocycles. The van der Waals surface area contributed by atoms with Gasteiger partial charge in [-0.2, -0.15) is 8.42 Å². The number of amides is 1. The number of hydrogen-bond donors (Lipinski definition) is 1. The monoisotopic (exact) mass is 552 g/mol. The Hall–Kier alpha value is -3.52. The third-order valence-electron chi connectivity index (χ3n) is 6.57. The summed E-state index contributed by atoms with van der Waals surface area (Å²) in [5, 5.41) is 0. The van der Waals surface area contributed by atoms with Gasteiger partial charge in [-0.05, 0) is 59.2 Å². The number of nitrogens with zero attached hydrogens (tertiary/aromatic N) is 1. The Kier molecular flexibility index (Phi) is 10.4. The van der Waals surface area contributed by atoms with Crippen LogP contribution in [0.1, 0.15) is 75.5 Å². The second kappa shape index (κ2) is 13.5. The molecule has 3 aromatic rings. The van der Waals surface area contributed by atoms with Gasteiger partial charge in [0, 0.05) is 18.8 Å². The van der Waals surface area contributed by atoms with Crippen molar-refractivity contribution >= 4 is 21.9 Å². The highest BCUT2D eigenvalue weighted by Crippen LogP contribution is 2.35. The Labute approximate surface area is 233 Å². The lowest BCUT2D eigenvalue weighted by Gasteiger charge is -2.29. The molecule has 1 unspecified atom stereocenters. The van der Waals surface area contributed by atoms with Crippen LogP contribution in [0.25, 0.3) is 0 Å². The van der Waals surface area contributed by atoms with Crippen molar-refractivity contribution in [3.8, 4) is 11.5 Å². The summed E-state index contributed by atoms with van der Waals surface area (Å²) in [6.45, 7) is 10.9. The lowest BCUT2D eigenvalue weighted by atomic mass is 9.94. The molecule has 0 aromatic heterocycles. The van der Waals surface area contributed by atoms with Gasteiger partial charge in [0.2, 0.25) is 5.91 Å². The van der Waals surface area contributed by atoms with Gasteiger partial charge in [0.1, 0.15) is 5.75 Å². The highest BCUT2D eigenvalue weighted by atomic mass is 32.2. The van der Waals surface area contributed by atoms with Crippen LogP contribution < -0.4 is 18.5 Å². The van der Waals surface area contributed by atoms with E-state index in [1.54, 1.807) is 31.4 Å². The minimum atomic E-state index is -4.48. The van der Waals surface area contributed by atoms with Crippen LogP contribution in [0, 0.1) is 0 Å². The van der Waals surface area contributed by atoms with Crippen LogP contribution in [-0.2, 0) is 15.1 Å². The molecule has 1 N–H and O–H groups in total. The fourth-order valence-corrected chi connectivity index (χ4v) is 5.40. The molecule has 3 rings (SSSR count). The molecule has 0 saturated carbocycles. The van der Waals surface area contributed by atoms with E-state index in [2.05, 4.69) is 16.5 Å². The smallest absolute Gasteiger partial charge is 0.409 e. The van der Waals surface area contributed by atoms with Crippen LogP contribution in [-0.4, -0.2) is 34.5 Å². The number of methoxy groups -OCH3 is 1. The van der Waals surface area contributed by atoms with Crippen molar-refractivity contribution in [1.29, 1.82) is 0 Å². The molecule has 3 aromatic carbocycles. The molecule has 0 aliphatic carbocycles. The number of carbonyl (C=O) groups excluding carboxylic acids is 1. The SMILES string of the molecule is CCCN(CC(C(=O)NS(=O)(=O)Oc1c(C(C)C)cccc1C(C)C)c1cccc(OC)c1)c1ccccc1. The van der Waals surface area contributed by atoms with Gasteiger partial charge in [-0.25, -0.2) is 4.72 Å². The molecule has 210 valence electrons. The molecule has 0 aliphatic rings. The topological polar surface area (TPSA) is 84.9 Å². The van der Waals surface area contributed by atoms with Crippen molar-refractivity contribution in [2.45, 2.75) is 58.8 Å². The van der Waals surface area contributed by atoms with E-state index in [9.17, 15) is 13.2 Å². The van der Waals surface area contributed by atoms with Crippen LogP contribution in [0.3, 0.4) is 0 Å². The maximum Gasteiger partial charge on any atom is 0.409 e. The molecule has 0 spiro atoms. The van der Waals surface area contributed by atoms with Crippen LogP contribution in [0.4, 0.5) is 5.69 Å². The number of hydrogen-bond acceptors (Lipinski definition) is 6. The average molecular weight is 553 g/mol. The summed E-state index contributed by atoms with van der Waals surface area (Å²) in [6, 6.07) is 22.5. The zero-order valence-corrected chi connectivity index (χ0v) is 24.5. The molecule has 0 saturated heterocycles. The molecule has 0 radical (unpaired) electrons. The zero-order valence-electron chi connectivity index (χ0n) is 23.7. The molecular weight excluding hydrogens is 512 g/mol. The maximum absolute atomic E-state index is 13.7. The molecule has 0 fully saturated rings. The lowest BCUT2D eigenvalue weighted by molar-refractivity contribution is -0.120. The summed E-state index contributed by atoms with van der Waals surface area (Å²) in [6.07, 6.45) is 0.854. The van der Waals surface area contributed by atoms with Gasteiger partial charge in [-0.3, -0.25) is 4.79 Å². The normalized spacial score (nSPS) is 12.3. The predicted octanol–water partition coefficient (Wildman–Crippen LogP) is 6.38. The summed E-state index contributed by atoms with van der Waals surface area (Å²) in [5.74, 6) is -0.565. The first kappa shape index (κ1) is 30.0. The van der Waals surface area contributed by atoms with Gasteiger partial charge in [-0.1, -0.05) is 83.1 Å². The molecular formula is C31H40N2O5S. The molecule has 1 amide bonds. The molecule has 1 atom stereocenters. The standard InChI is InChI=1S/C31H40N2O5S/c1-7-19-33(25-14-9-8-10-15-25)21-29(24-13-11-16-26(20-24)37-6)31(34)32-39(35,36)38-30-27(22(2)3)17-12-18-28(30)23(4)5/h8-18,20,22-23,29H,7,19,21H2,1-6H3,(H,32,34). The first-order valence-corrected chi connectivity index (χ1v) is 14.8. The molecule has 39 heavy (non-hydrogen) atoms. The first-order chi connectivity index (χ1) is 18.6. The van der Waals surface area contributed by atoms with E-state index in [1.165, 1.54) is 0 Å². The second-order valence-corrected chi connectivity index (χ2v) is 11.5. The van der Waals surface area contributed by atoms with Crippen molar-refractivity contribution in [3.63, 3.8) is 0 Å². The number of nitrogens with one attached hydrogen (secondary N) is 1. The third-order valence-corrected chi connectivity index (χ3v) is 7.41. The zero-order chi connectivity index (χ0) is 28.6. The van der Waals surface area contributed by atoms with E-state index in [0.717, 1.165) is 23.2 Å². The molecule has 0 bridgehead atoms. The largest absolute Gasteiger partial charge is 0.497 e. The van der Waals surface area contributed by atoms with E-state index in [-0.39, 0.29) is 24.1 Å². The third kappa shape index (κ3) is 7.99. The Bertz CT molecular complexity index is 1310. The van der Waals surface area contributed by atoms with Crippen molar-refractivity contribution in [2.75, 3.05) is 25.1 Å². The van der Waals surface area contributed by atoms with Crippen molar-refractivity contribution < 1.29 is 22.1 Å². The Morgan fingerprint density at radius 1 is 0.897 bits per heavy atom. The summed E-state index contributed by atoms with van der Waals surface area (Å²) >= 11 is 0. The average Bonchev–Trinajstić information content (AvgIpc) is 2.90. The van der Waals surface area contributed by atoms with E-state index >= 15 is 0 Å². The number of ether oxygens (including phenoxy) is 1. The van der Waals surface area contributed by atoms with Gasteiger partial charge in [-0.15, -0.1) is 0 Å². The Morgan fingerprint density at radius 2 is 1.51 bits per heavy atom. The van der Waals surface area contributed by atoms with E-state index in [1.807, 2.05) is 76.2 Å². The van der Waals surface area contributed by atoms with Crippen molar-refractivity contribution in [3.05, 3.63) is 89.5 Å². The van der Waals surface area contributed by atoms with Crippen molar-refractivity contribution in [1.82, 2.24) is 4.72 Å². The van der Waals surface area contributed by atoms with E-state index in [0.29, 0.717) is 17.9 Å². The quantitative estimate of drug-likeness (QED) is 0.265. The van der Waals surface area contributed by atoms with Gasteiger partial charge < -0.3 is 13.8 Å². The van der Waals surface area contributed by atoms with Crippen molar-refractivity contribution in [2.24, 2.45) is 0 Å². The fourth-order valence-electron chi connectivity index (χ4n) is 4.56. The number of para-hydroxylation sites is 2.